The molecule has 0 aliphatic carbocycles. The summed E-state index contributed by atoms with van der Waals surface area (Å²) in [6.07, 6.45) is 5.13. The Bertz CT molecular complexity index is 543. The summed E-state index contributed by atoms with van der Waals surface area (Å²) in [4.78, 5) is 15.3. The summed E-state index contributed by atoms with van der Waals surface area (Å²) in [7, 11) is 0. The lowest BCUT2D eigenvalue weighted by Gasteiger charge is -2.42. The minimum Gasteiger partial charge on any atom is -0.360 e. The van der Waals surface area contributed by atoms with Crippen LogP contribution in [-0.2, 0) is 6.42 Å². The molecule has 1 aromatic heterocycles. The molecule has 5 nitrogen and oxygen atoms in total. The number of carbonyl (C=O) groups excluding carboxylic acids is 1. The van der Waals surface area contributed by atoms with E-state index in [0.29, 0.717) is 5.69 Å². The Morgan fingerprint density at radius 3 is 2.15 bits per heavy atom. The molecule has 0 bridgehead atoms. The molecule has 0 spiro atoms. The van der Waals surface area contributed by atoms with Gasteiger partial charge in [0.1, 0.15) is 5.76 Å². The number of aryl methyl sites for hydroxylation is 1. The summed E-state index contributed by atoms with van der Waals surface area (Å²) in [5.74, 6) is 0.666. The molecule has 1 N–H and O–H groups in total. The lowest BCUT2D eigenvalue weighted by Crippen LogP contribution is -2.51. The van der Waals surface area contributed by atoms with Crippen LogP contribution in [0.4, 0.5) is 0 Å². The van der Waals surface area contributed by atoms with Gasteiger partial charge in [0.25, 0.3) is 5.91 Å². The summed E-state index contributed by atoms with van der Waals surface area (Å²) in [6.45, 7) is 18.2. The number of amides is 1. The smallest absolute Gasteiger partial charge is 0.273 e. The Kier molecular flexibility index (Phi) is 9.34. The van der Waals surface area contributed by atoms with E-state index in [4.69, 9.17) is 4.52 Å². The van der Waals surface area contributed by atoms with Crippen LogP contribution in [0.5, 0.6) is 0 Å². The number of hydrogen-bond acceptors (Lipinski definition) is 4. The molecule has 26 heavy (non-hydrogen) atoms. The van der Waals surface area contributed by atoms with Crippen molar-refractivity contribution in [1.82, 2.24) is 15.4 Å². The van der Waals surface area contributed by atoms with Crippen molar-refractivity contribution in [2.75, 3.05) is 19.6 Å². The molecule has 0 aromatic carbocycles. The van der Waals surface area contributed by atoms with Gasteiger partial charge in [-0.15, -0.1) is 0 Å². The number of nitrogens with zero attached hydrogens (tertiary/aromatic N) is 2. The van der Waals surface area contributed by atoms with Crippen molar-refractivity contribution in [2.45, 2.75) is 86.6 Å². The second-order valence-corrected chi connectivity index (χ2v) is 7.47. The van der Waals surface area contributed by atoms with Crippen LogP contribution >= 0.6 is 0 Å². The fourth-order valence-corrected chi connectivity index (χ4v) is 3.90. The first-order valence-electron chi connectivity index (χ1n) is 10.4. The molecule has 1 amide bonds. The topological polar surface area (TPSA) is 58.4 Å². The first kappa shape index (κ1) is 22.7. The maximum absolute atomic E-state index is 12.8. The third-order valence-corrected chi connectivity index (χ3v) is 5.85. The molecule has 0 saturated carbocycles. The average Bonchev–Trinajstić information content (AvgIpc) is 3.00. The molecule has 1 aromatic rings. The van der Waals surface area contributed by atoms with Gasteiger partial charge in [-0.25, -0.2) is 0 Å². The predicted octanol–water partition coefficient (Wildman–Crippen LogP) is 4.59. The highest BCUT2D eigenvalue weighted by Gasteiger charge is 2.36. The number of rotatable bonds is 12. The van der Waals surface area contributed by atoms with Gasteiger partial charge in [0.05, 0.1) is 0 Å². The molecule has 0 fully saturated rings. The minimum absolute atomic E-state index is 0.0607. The second kappa shape index (κ2) is 10.7. The first-order chi connectivity index (χ1) is 12.4. The van der Waals surface area contributed by atoms with E-state index in [1.165, 1.54) is 0 Å². The van der Waals surface area contributed by atoms with Crippen molar-refractivity contribution < 1.29 is 9.32 Å². The van der Waals surface area contributed by atoms with Crippen molar-refractivity contribution in [2.24, 2.45) is 5.41 Å². The largest absolute Gasteiger partial charge is 0.360 e. The third-order valence-electron chi connectivity index (χ3n) is 5.85. The summed E-state index contributed by atoms with van der Waals surface area (Å²) in [5.41, 5.74) is 1.34. The molecular weight excluding hydrogens is 326 g/mol. The lowest BCUT2D eigenvalue weighted by molar-refractivity contribution is 0.0757. The van der Waals surface area contributed by atoms with Crippen molar-refractivity contribution in [3.63, 3.8) is 0 Å². The van der Waals surface area contributed by atoms with E-state index in [1.54, 1.807) is 0 Å². The number of carbonyl (C=O) groups is 1. The van der Waals surface area contributed by atoms with Gasteiger partial charge in [0, 0.05) is 30.0 Å². The van der Waals surface area contributed by atoms with E-state index < -0.39 is 0 Å². The Balaban J connectivity index is 2.93. The Morgan fingerprint density at radius 1 is 1.15 bits per heavy atom. The van der Waals surface area contributed by atoms with Crippen LogP contribution in [0.3, 0.4) is 0 Å². The third kappa shape index (κ3) is 5.32. The molecule has 0 aliphatic heterocycles. The van der Waals surface area contributed by atoms with Crippen LogP contribution in [-0.4, -0.2) is 41.6 Å². The summed E-state index contributed by atoms with van der Waals surface area (Å²) < 4.78 is 5.29. The fourth-order valence-electron chi connectivity index (χ4n) is 3.90. The van der Waals surface area contributed by atoms with Crippen LogP contribution in [0.25, 0.3) is 0 Å². The Morgan fingerprint density at radius 2 is 1.73 bits per heavy atom. The normalized spacial score (nSPS) is 13.2. The summed E-state index contributed by atoms with van der Waals surface area (Å²) in [6, 6.07) is 0.0717. The van der Waals surface area contributed by atoms with E-state index >= 15 is 0 Å². The highest BCUT2D eigenvalue weighted by molar-refractivity contribution is 5.93. The SMILES string of the molecule is CCCN(CCC)CC(CC)(CC)C(C)NC(=O)c1noc(CC)c1C. The zero-order valence-electron chi connectivity index (χ0n) is 17.9. The van der Waals surface area contributed by atoms with Gasteiger partial charge < -0.3 is 14.7 Å². The highest BCUT2D eigenvalue weighted by Crippen LogP contribution is 2.32. The minimum atomic E-state index is -0.123. The van der Waals surface area contributed by atoms with Gasteiger partial charge in [0.2, 0.25) is 0 Å². The van der Waals surface area contributed by atoms with Crippen molar-refractivity contribution in [3.05, 3.63) is 17.0 Å². The van der Waals surface area contributed by atoms with Gasteiger partial charge in [-0.3, -0.25) is 4.79 Å². The van der Waals surface area contributed by atoms with E-state index in [1.807, 2.05) is 13.8 Å². The molecule has 0 saturated heterocycles. The summed E-state index contributed by atoms with van der Waals surface area (Å²) >= 11 is 0. The number of aromatic nitrogens is 1. The van der Waals surface area contributed by atoms with E-state index in [2.05, 4.69) is 50.0 Å². The molecule has 0 aliphatic rings. The van der Waals surface area contributed by atoms with Crippen LogP contribution in [0.2, 0.25) is 0 Å². The molecule has 1 rings (SSSR count). The van der Waals surface area contributed by atoms with Crippen LogP contribution in [0.1, 0.15) is 89.0 Å². The van der Waals surface area contributed by atoms with Crippen LogP contribution in [0.15, 0.2) is 4.52 Å². The first-order valence-corrected chi connectivity index (χ1v) is 10.4. The zero-order valence-corrected chi connectivity index (χ0v) is 17.9. The molecule has 1 atom stereocenters. The molecular formula is C21H39N3O2. The molecule has 1 unspecified atom stereocenters. The maximum atomic E-state index is 12.8. The van der Waals surface area contributed by atoms with Gasteiger partial charge >= 0.3 is 0 Å². The lowest BCUT2D eigenvalue weighted by atomic mass is 9.75. The van der Waals surface area contributed by atoms with Gasteiger partial charge in [-0.2, -0.15) is 0 Å². The number of hydrogen-bond donors (Lipinski definition) is 1. The van der Waals surface area contributed by atoms with Gasteiger partial charge in [0.15, 0.2) is 5.69 Å². The molecule has 150 valence electrons. The van der Waals surface area contributed by atoms with Gasteiger partial charge in [-0.1, -0.05) is 39.8 Å². The second-order valence-electron chi connectivity index (χ2n) is 7.47. The van der Waals surface area contributed by atoms with E-state index in [-0.39, 0.29) is 17.4 Å². The van der Waals surface area contributed by atoms with Gasteiger partial charge in [-0.05, 0) is 52.6 Å². The monoisotopic (exact) mass is 365 g/mol. The highest BCUT2D eigenvalue weighted by atomic mass is 16.5. The van der Waals surface area contributed by atoms with Crippen LogP contribution < -0.4 is 5.32 Å². The Labute approximate surface area is 159 Å². The van der Waals surface area contributed by atoms with E-state index in [9.17, 15) is 4.79 Å². The Hall–Kier alpha value is -1.36. The predicted molar refractivity (Wildman–Crippen MR) is 108 cm³/mol. The molecule has 1 heterocycles. The quantitative estimate of drug-likeness (QED) is 0.588. The molecule has 0 radical (unpaired) electrons. The van der Waals surface area contributed by atoms with E-state index in [0.717, 1.165) is 63.1 Å². The molecule has 5 heteroatoms. The maximum Gasteiger partial charge on any atom is 0.273 e. The van der Waals surface area contributed by atoms with Crippen molar-refractivity contribution >= 4 is 5.91 Å². The van der Waals surface area contributed by atoms with Crippen LogP contribution in [0, 0.1) is 12.3 Å². The number of nitrogens with one attached hydrogen (secondary N) is 1. The average molecular weight is 366 g/mol. The summed E-state index contributed by atoms with van der Waals surface area (Å²) in [5, 5.41) is 7.21. The fraction of sp³-hybridized carbons (Fsp3) is 0.810. The van der Waals surface area contributed by atoms with Crippen molar-refractivity contribution in [3.8, 4) is 0 Å². The van der Waals surface area contributed by atoms with Crippen molar-refractivity contribution in [1.29, 1.82) is 0 Å². The standard InChI is InChI=1S/C21H39N3O2/c1-8-13-24(14-9-2)15-21(11-4,12-5)17(7)22-20(25)19-16(6)18(10-3)26-23-19/h17H,8-15H2,1-7H3,(H,22,25). The zero-order chi connectivity index (χ0) is 19.7.